The molecule has 20 heavy (non-hydrogen) atoms. The number of hydrogen-bond donors (Lipinski definition) is 0. The number of ether oxygens (including phenoxy) is 1. The Morgan fingerprint density at radius 3 is 2.65 bits per heavy atom. The second-order valence-corrected chi connectivity index (χ2v) is 5.01. The first-order valence-corrected chi connectivity index (χ1v) is 6.85. The summed E-state index contributed by atoms with van der Waals surface area (Å²) >= 11 is 5.93. The highest BCUT2D eigenvalue weighted by atomic mass is 35.5. The first kappa shape index (κ1) is 14.8. The molecule has 2 amide bonds. The molecule has 1 heterocycles. The van der Waals surface area contributed by atoms with Gasteiger partial charge >= 0.3 is 0 Å². The lowest BCUT2D eigenvalue weighted by molar-refractivity contribution is -0.134. The maximum atomic E-state index is 12.2. The van der Waals surface area contributed by atoms with Crippen molar-refractivity contribution in [3.8, 4) is 0 Å². The average Bonchev–Trinajstić information content (AvgIpc) is 2.45. The minimum atomic E-state index is -0.186. The van der Waals surface area contributed by atoms with E-state index in [4.69, 9.17) is 16.3 Å². The normalized spacial score (nSPS) is 15.0. The number of rotatable bonds is 3. The molecule has 1 aliphatic heterocycles. The number of benzene rings is 1. The Hall–Kier alpha value is -1.59. The van der Waals surface area contributed by atoms with Gasteiger partial charge in [0.15, 0.2) is 0 Å². The SMILES string of the molecule is CC(=O)N(CC(=O)N1CCOCC1)c1cccc(Cl)c1. The van der Waals surface area contributed by atoms with Crippen LogP contribution in [0.3, 0.4) is 0 Å². The van der Waals surface area contributed by atoms with Crippen molar-refractivity contribution in [3.63, 3.8) is 0 Å². The van der Waals surface area contributed by atoms with E-state index in [9.17, 15) is 9.59 Å². The van der Waals surface area contributed by atoms with Crippen molar-refractivity contribution in [1.29, 1.82) is 0 Å². The van der Waals surface area contributed by atoms with Crippen LogP contribution in [0.5, 0.6) is 0 Å². The highest BCUT2D eigenvalue weighted by Gasteiger charge is 2.22. The predicted octanol–water partition coefficient (Wildman–Crippen LogP) is 1.55. The summed E-state index contributed by atoms with van der Waals surface area (Å²) in [7, 11) is 0. The molecule has 6 heteroatoms. The van der Waals surface area contributed by atoms with Crippen molar-refractivity contribution in [1.82, 2.24) is 4.90 Å². The van der Waals surface area contributed by atoms with Crippen molar-refractivity contribution < 1.29 is 14.3 Å². The summed E-state index contributed by atoms with van der Waals surface area (Å²) in [5.41, 5.74) is 0.631. The quantitative estimate of drug-likeness (QED) is 0.850. The van der Waals surface area contributed by atoms with Crippen LogP contribution < -0.4 is 4.90 Å². The fourth-order valence-electron chi connectivity index (χ4n) is 2.08. The van der Waals surface area contributed by atoms with Crippen LogP contribution in [0.2, 0.25) is 5.02 Å². The molecule has 0 radical (unpaired) electrons. The van der Waals surface area contributed by atoms with Crippen molar-refractivity contribution in [2.75, 3.05) is 37.7 Å². The molecule has 1 saturated heterocycles. The molecule has 2 rings (SSSR count). The van der Waals surface area contributed by atoms with Gasteiger partial charge in [0.2, 0.25) is 11.8 Å². The molecule has 1 aromatic rings. The zero-order valence-corrected chi connectivity index (χ0v) is 12.1. The number of nitrogens with zero attached hydrogens (tertiary/aromatic N) is 2. The van der Waals surface area contributed by atoms with Gasteiger partial charge in [-0.2, -0.15) is 0 Å². The fourth-order valence-corrected chi connectivity index (χ4v) is 2.26. The third-order valence-corrected chi connectivity index (χ3v) is 3.39. The Kier molecular flexibility index (Phi) is 4.98. The Labute approximate surface area is 123 Å². The van der Waals surface area contributed by atoms with E-state index < -0.39 is 0 Å². The van der Waals surface area contributed by atoms with Crippen LogP contribution in [-0.4, -0.2) is 49.6 Å². The van der Waals surface area contributed by atoms with Gasteiger partial charge < -0.3 is 14.5 Å². The van der Waals surface area contributed by atoms with Gasteiger partial charge in [-0.3, -0.25) is 9.59 Å². The number of halogens is 1. The van der Waals surface area contributed by atoms with E-state index in [-0.39, 0.29) is 18.4 Å². The summed E-state index contributed by atoms with van der Waals surface area (Å²) in [5.74, 6) is -0.266. The third kappa shape index (κ3) is 3.71. The van der Waals surface area contributed by atoms with Crippen molar-refractivity contribution in [2.45, 2.75) is 6.92 Å². The number of carbonyl (C=O) groups is 2. The molecule has 0 aromatic heterocycles. The van der Waals surface area contributed by atoms with Crippen LogP contribution in [-0.2, 0) is 14.3 Å². The molecule has 1 aromatic carbocycles. The molecule has 0 N–H and O–H groups in total. The van der Waals surface area contributed by atoms with Crippen LogP contribution >= 0.6 is 11.6 Å². The standard InChI is InChI=1S/C14H17ClN2O3/c1-11(18)17(13-4-2-3-12(15)9-13)10-14(19)16-5-7-20-8-6-16/h2-4,9H,5-8,10H2,1H3. The zero-order chi connectivity index (χ0) is 14.5. The van der Waals surface area contributed by atoms with Crippen LogP contribution in [0.1, 0.15) is 6.92 Å². The van der Waals surface area contributed by atoms with Gasteiger partial charge in [0.25, 0.3) is 0 Å². The van der Waals surface area contributed by atoms with Gasteiger partial charge in [-0.25, -0.2) is 0 Å². The zero-order valence-electron chi connectivity index (χ0n) is 11.3. The molecule has 1 aliphatic rings. The van der Waals surface area contributed by atoms with Crippen LogP contribution in [0.15, 0.2) is 24.3 Å². The van der Waals surface area contributed by atoms with Crippen LogP contribution in [0, 0.1) is 0 Å². The highest BCUT2D eigenvalue weighted by molar-refractivity contribution is 6.30. The summed E-state index contributed by atoms with van der Waals surface area (Å²) < 4.78 is 5.21. The third-order valence-electron chi connectivity index (χ3n) is 3.16. The number of hydrogen-bond acceptors (Lipinski definition) is 3. The lowest BCUT2D eigenvalue weighted by atomic mass is 10.2. The fraction of sp³-hybridized carbons (Fsp3) is 0.429. The Balaban J connectivity index is 2.09. The molecule has 0 unspecified atom stereocenters. The van der Waals surface area contributed by atoms with Gasteiger partial charge in [0.1, 0.15) is 6.54 Å². The van der Waals surface area contributed by atoms with Gasteiger partial charge in [-0.1, -0.05) is 17.7 Å². The lowest BCUT2D eigenvalue weighted by Gasteiger charge is -2.29. The van der Waals surface area contributed by atoms with E-state index in [1.807, 2.05) is 0 Å². The number of carbonyl (C=O) groups excluding carboxylic acids is 2. The second-order valence-electron chi connectivity index (χ2n) is 4.58. The predicted molar refractivity (Wildman–Crippen MR) is 76.9 cm³/mol. The molecule has 0 atom stereocenters. The minimum absolute atomic E-state index is 0.0235. The minimum Gasteiger partial charge on any atom is -0.378 e. The Morgan fingerprint density at radius 2 is 2.05 bits per heavy atom. The van der Waals surface area contributed by atoms with Crippen molar-refractivity contribution in [3.05, 3.63) is 29.3 Å². The van der Waals surface area contributed by atoms with E-state index >= 15 is 0 Å². The van der Waals surface area contributed by atoms with Gasteiger partial charge in [-0.15, -0.1) is 0 Å². The molecular formula is C14H17ClN2O3. The van der Waals surface area contributed by atoms with Crippen molar-refractivity contribution in [2.24, 2.45) is 0 Å². The van der Waals surface area contributed by atoms with Gasteiger partial charge in [-0.05, 0) is 18.2 Å². The summed E-state index contributed by atoms with van der Waals surface area (Å²) in [5, 5.41) is 0.535. The highest BCUT2D eigenvalue weighted by Crippen LogP contribution is 2.19. The van der Waals surface area contributed by atoms with E-state index in [1.54, 1.807) is 29.2 Å². The van der Waals surface area contributed by atoms with Crippen LogP contribution in [0.25, 0.3) is 0 Å². The molecule has 5 nitrogen and oxygen atoms in total. The molecule has 1 fully saturated rings. The van der Waals surface area contributed by atoms with E-state index in [1.165, 1.54) is 11.8 Å². The number of amides is 2. The molecular weight excluding hydrogens is 280 g/mol. The first-order valence-electron chi connectivity index (χ1n) is 6.47. The maximum Gasteiger partial charge on any atom is 0.242 e. The average molecular weight is 297 g/mol. The Bertz CT molecular complexity index is 501. The Morgan fingerprint density at radius 1 is 1.35 bits per heavy atom. The summed E-state index contributed by atoms with van der Waals surface area (Å²) in [6.07, 6.45) is 0. The summed E-state index contributed by atoms with van der Waals surface area (Å²) in [6.45, 7) is 3.69. The summed E-state index contributed by atoms with van der Waals surface area (Å²) in [4.78, 5) is 27.1. The van der Waals surface area contributed by atoms with E-state index in [2.05, 4.69) is 0 Å². The number of anilines is 1. The first-order chi connectivity index (χ1) is 9.58. The van der Waals surface area contributed by atoms with Gasteiger partial charge in [0, 0.05) is 30.7 Å². The summed E-state index contributed by atoms with van der Waals surface area (Å²) in [6, 6.07) is 6.93. The van der Waals surface area contributed by atoms with Crippen molar-refractivity contribution >= 4 is 29.1 Å². The maximum absolute atomic E-state index is 12.2. The molecule has 0 bridgehead atoms. The lowest BCUT2D eigenvalue weighted by Crippen LogP contribution is -2.46. The van der Waals surface area contributed by atoms with Gasteiger partial charge in [0.05, 0.1) is 13.2 Å². The molecule has 0 spiro atoms. The topological polar surface area (TPSA) is 49.9 Å². The largest absolute Gasteiger partial charge is 0.378 e. The van der Waals surface area contributed by atoms with Crippen LogP contribution in [0.4, 0.5) is 5.69 Å². The molecule has 108 valence electrons. The second kappa shape index (κ2) is 6.72. The monoisotopic (exact) mass is 296 g/mol. The number of morpholine rings is 1. The molecule has 0 aliphatic carbocycles. The van der Waals surface area contributed by atoms with E-state index in [0.717, 1.165) is 0 Å². The molecule has 0 saturated carbocycles. The van der Waals surface area contributed by atoms with E-state index in [0.29, 0.717) is 37.0 Å². The smallest absolute Gasteiger partial charge is 0.242 e.